The number of hydrogen-bond acceptors (Lipinski definition) is 3. The van der Waals surface area contributed by atoms with Crippen LogP contribution in [0.15, 0.2) is 48.5 Å². The zero-order valence-electron chi connectivity index (χ0n) is 12.3. The van der Waals surface area contributed by atoms with Crippen molar-refractivity contribution in [1.82, 2.24) is 5.32 Å². The van der Waals surface area contributed by atoms with Crippen LogP contribution in [0.25, 0.3) is 0 Å². The standard InChI is InChI=1S/C17H17F2NO3/c18-17(19)23-15-3-1-2-14(10-15)16(22)20-9-8-12-4-6-13(11-21)7-5-12/h1-7,10,17,21H,8-9,11H2,(H,20,22). The number of hydrogen-bond donors (Lipinski definition) is 2. The van der Waals surface area contributed by atoms with Gasteiger partial charge >= 0.3 is 6.61 Å². The topological polar surface area (TPSA) is 58.6 Å². The number of aliphatic hydroxyl groups excluding tert-OH is 1. The van der Waals surface area contributed by atoms with Gasteiger partial charge in [0.15, 0.2) is 0 Å². The van der Waals surface area contributed by atoms with E-state index in [1.54, 1.807) is 0 Å². The van der Waals surface area contributed by atoms with Crippen molar-refractivity contribution in [2.24, 2.45) is 0 Å². The van der Waals surface area contributed by atoms with Gasteiger partial charge in [0.2, 0.25) is 0 Å². The van der Waals surface area contributed by atoms with Crippen LogP contribution >= 0.6 is 0 Å². The average Bonchev–Trinajstić information content (AvgIpc) is 2.55. The van der Waals surface area contributed by atoms with Crippen LogP contribution in [0.1, 0.15) is 21.5 Å². The maximum atomic E-state index is 12.2. The molecule has 0 radical (unpaired) electrons. The molecule has 1 amide bonds. The zero-order chi connectivity index (χ0) is 16.7. The number of halogens is 2. The van der Waals surface area contributed by atoms with E-state index in [2.05, 4.69) is 10.1 Å². The fourth-order valence-corrected chi connectivity index (χ4v) is 2.05. The first-order chi connectivity index (χ1) is 11.1. The van der Waals surface area contributed by atoms with Crippen molar-refractivity contribution in [2.45, 2.75) is 19.6 Å². The van der Waals surface area contributed by atoms with E-state index in [1.807, 2.05) is 24.3 Å². The quantitative estimate of drug-likeness (QED) is 0.824. The average molecular weight is 321 g/mol. The molecular formula is C17H17F2NO3. The Bertz CT molecular complexity index is 645. The first kappa shape index (κ1) is 16.9. The van der Waals surface area contributed by atoms with E-state index in [1.165, 1.54) is 24.3 Å². The number of carbonyl (C=O) groups excluding carboxylic acids is 1. The van der Waals surface area contributed by atoms with Crippen LogP contribution in [0.2, 0.25) is 0 Å². The fraction of sp³-hybridized carbons (Fsp3) is 0.235. The lowest BCUT2D eigenvalue weighted by molar-refractivity contribution is -0.0498. The van der Waals surface area contributed by atoms with Crippen LogP contribution in [-0.4, -0.2) is 24.2 Å². The Kier molecular flexibility index (Phi) is 6.05. The third-order valence-corrected chi connectivity index (χ3v) is 3.23. The summed E-state index contributed by atoms with van der Waals surface area (Å²) in [5, 5.41) is 11.7. The second-order valence-electron chi connectivity index (χ2n) is 4.89. The summed E-state index contributed by atoms with van der Waals surface area (Å²) in [5.41, 5.74) is 2.12. The number of carbonyl (C=O) groups is 1. The van der Waals surface area contributed by atoms with Gasteiger partial charge in [0.25, 0.3) is 5.91 Å². The van der Waals surface area contributed by atoms with Crippen LogP contribution in [0.3, 0.4) is 0 Å². The summed E-state index contributed by atoms with van der Waals surface area (Å²) in [7, 11) is 0. The van der Waals surface area contributed by atoms with E-state index >= 15 is 0 Å². The van der Waals surface area contributed by atoms with Gasteiger partial charge in [0, 0.05) is 12.1 Å². The lowest BCUT2D eigenvalue weighted by atomic mass is 10.1. The molecule has 2 rings (SSSR count). The maximum Gasteiger partial charge on any atom is 0.387 e. The van der Waals surface area contributed by atoms with Gasteiger partial charge in [-0.15, -0.1) is 0 Å². The molecule has 0 atom stereocenters. The van der Waals surface area contributed by atoms with Crippen LogP contribution in [-0.2, 0) is 13.0 Å². The summed E-state index contributed by atoms with van der Waals surface area (Å²) < 4.78 is 28.6. The molecule has 0 aromatic heterocycles. The predicted octanol–water partition coefficient (Wildman–Crippen LogP) is 2.75. The highest BCUT2D eigenvalue weighted by atomic mass is 19.3. The summed E-state index contributed by atoms with van der Waals surface area (Å²) >= 11 is 0. The third-order valence-electron chi connectivity index (χ3n) is 3.23. The Morgan fingerprint density at radius 1 is 1.13 bits per heavy atom. The van der Waals surface area contributed by atoms with Gasteiger partial charge in [0.05, 0.1) is 6.61 Å². The molecule has 2 N–H and O–H groups in total. The summed E-state index contributed by atoms with van der Waals surface area (Å²) in [6.45, 7) is -2.51. The van der Waals surface area contributed by atoms with Gasteiger partial charge in [-0.2, -0.15) is 8.78 Å². The first-order valence-electron chi connectivity index (χ1n) is 7.10. The molecule has 23 heavy (non-hydrogen) atoms. The summed E-state index contributed by atoms with van der Waals surface area (Å²) in [6, 6.07) is 13.1. The van der Waals surface area contributed by atoms with E-state index < -0.39 is 6.61 Å². The number of benzene rings is 2. The van der Waals surface area contributed by atoms with E-state index in [9.17, 15) is 13.6 Å². The number of rotatable bonds is 7. The Morgan fingerprint density at radius 3 is 2.48 bits per heavy atom. The molecule has 0 spiro atoms. The molecule has 0 fully saturated rings. The Balaban J connectivity index is 1.86. The van der Waals surface area contributed by atoms with E-state index in [-0.39, 0.29) is 23.8 Å². The summed E-state index contributed by atoms with van der Waals surface area (Å²) in [6.07, 6.45) is 0.630. The van der Waals surface area contributed by atoms with Crippen molar-refractivity contribution in [3.8, 4) is 5.75 Å². The highest BCUT2D eigenvalue weighted by Gasteiger charge is 2.09. The molecule has 2 aromatic rings. The van der Waals surface area contributed by atoms with Gasteiger partial charge in [-0.05, 0) is 35.7 Å². The van der Waals surface area contributed by atoms with Crippen LogP contribution in [0.4, 0.5) is 8.78 Å². The minimum atomic E-state index is -2.92. The Morgan fingerprint density at radius 2 is 1.83 bits per heavy atom. The molecule has 0 unspecified atom stereocenters. The molecule has 0 aliphatic carbocycles. The van der Waals surface area contributed by atoms with Crippen LogP contribution in [0, 0.1) is 0 Å². The minimum Gasteiger partial charge on any atom is -0.435 e. The summed E-state index contributed by atoms with van der Waals surface area (Å²) in [4.78, 5) is 12.0. The van der Waals surface area contributed by atoms with Gasteiger partial charge in [-0.25, -0.2) is 0 Å². The monoisotopic (exact) mass is 321 g/mol. The van der Waals surface area contributed by atoms with Gasteiger partial charge in [-0.1, -0.05) is 30.3 Å². The van der Waals surface area contributed by atoms with E-state index in [0.717, 1.165) is 11.1 Å². The Labute approximate surface area is 132 Å². The minimum absolute atomic E-state index is 0.00591. The molecule has 6 heteroatoms. The van der Waals surface area contributed by atoms with Crippen molar-refractivity contribution in [3.05, 3.63) is 65.2 Å². The van der Waals surface area contributed by atoms with Crippen LogP contribution in [0.5, 0.6) is 5.75 Å². The smallest absolute Gasteiger partial charge is 0.387 e. The summed E-state index contributed by atoms with van der Waals surface area (Å²) in [5.74, 6) is -0.399. The van der Waals surface area contributed by atoms with Crippen molar-refractivity contribution in [3.63, 3.8) is 0 Å². The second kappa shape index (κ2) is 8.24. The number of amides is 1. The molecule has 0 bridgehead atoms. The molecule has 4 nitrogen and oxygen atoms in total. The number of aliphatic hydroxyl groups is 1. The van der Waals surface area contributed by atoms with Crippen molar-refractivity contribution < 1.29 is 23.4 Å². The van der Waals surface area contributed by atoms with Crippen molar-refractivity contribution >= 4 is 5.91 Å². The zero-order valence-corrected chi connectivity index (χ0v) is 12.3. The number of nitrogens with one attached hydrogen (secondary N) is 1. The fourth-order valence-electron chi connectivity index (χ4n) is 2.05. The molecule has 0 heterocycles. The molecule has 0 aliphatic heterocycles. The van der Waals surface area contributed by atoms with Gasteiger partial charge in [-0.3, -0.25) is 4.79 Å². The van der Waals surface area contributed by atoms with E-state index in [0.29, 0.717) is 13.0 Å². The lowest BCUT2D eigenvalue weighted by Crippen LogP contribution is -2.25. The molecule has 0 saturated heterocycles. The molecular weight excluding hydrogens is 304 g/mol. The van der Waals surface area contributed by atoms with Crippen LogP contribution < -0.4 is 10.1 Å². The number of ether oxygens (including phenoxy) is 1. The Hall–Kier alpha value is -2.47. The van der Waals surface area contributed by atoms with Gasteiger partial charge < -0.3 is 15.2 Å². The SMILES string of the molecule is O=C(NCCc1ccc(CO)cc1)c1cccc(OC(F)F)c1. The number of alkyl halides is 2. The maximum absolute atomic E-state index is 12.2. The molecule has 2 aromatic carbocycles. The highest BCUT2D eigenvalue weighted by Crippen LogP contribution is 2.15. The largest absolute Gasteiger partial charge is 0.435 e. The van der Waals surface area contributed by atoms with Gasteiger partial charge in [0.1, 0.15) is 5.75 Å². The lowest BCUT2D eigenvalue weighted by Gasteiger charge is -2.08. The molecule has 0 saturated carbocycles. The van der Waals surface area contributed by atoms with Crippen molar-refractivity contribution in [1.29, 1.82) is 0 Å². The molecule has 122 valence electrons. The first-order valence-corrected chi connectivity index (χ1v) is 7.10. The van der Waals surface area contributed by atoms with E-state index in [4.69, 9.17) is 5.11 Å². The second-order valence-corrected chi connectivity index (χ2v) is 4.89. The predicted molar refractivity (Wildman–Crippen MR) is 81.5 cm³/mol. The third kappa shape index (κ3) is 5.34. The normalized spacial score (nSPS) is 10.6. The highest BCUT2D eigenvalue weighted by molar-refractivity contribution is 5.94. The molecule has 0 aliphatic rings. The van der Waals surface area contributed by atoms with Crippen molar-refractivity contribution in [2.75, 3.05) is 6.54 Å².